The lowest BCUT2D eigenvalue weighted by atomic mass is 10.2. The Morgan fingerprint density at radius 3 is 3.16 bits per heavy atom. The van der Waals surface area contributed by atoms with Gasteiger partial charge in [-0.3, -0.25) is 4.79 Å². The lowest BCUT2D eigenvalue weighted by Crippen LogP contribution is -2.34. The number of benzene rings is 1. The van der Waals surface area contributed by atoms with Crippen molar-refractivity contribution in [1.29, 1.82) is 0 Å². The van der Waals surface area contributed by atoms with E-state index < -0.39 is 0 Å². The SMILES string of the molecule is Cc1ccc2nc([C@H]3CCCN3C(=O)COC[C@H]3CCCO3)[nH]c2c1. The highest BCUT2D eigenvalue weighted by molar-refractivity contribution is 5.79. The molecular weight excluding hydrogens is 318 g/mol. The zero-order chi connectivity index (χ0) is 17.2. The molecule has 134 valence electrons. The van der Waals surface area contributed by atoms with Gasteiger partial charge in [0.2, 0.25) is 5.91 Å². The van der Waals surface area contributed by atoms with E-state index in [0.29, 0.717) is 6.61 Å². The minimum Gasteiger partial charge on any atom is -0.376 e. The summed E-state index contributed by atoms with van der Waals surface area (Å²) >= 11 is 0. The first kappa shape index (κ1) is 16.5. The average Bonchev–Trinajstić information content (AvgIpc) is 3.33. The van der Waals surface area contributed by atoms with Crippen LogP contribution in [0.3, 0.4) is 0 Å². The first-order valence-electron chi connectivity index (χ1n) is 9.16. The number of fused-ring (bicyclic) bond motifs is 1. The molecule has 6 nitrogen and oxygen atoms in total. The number of aryl methyl sites for hydroxylation is 1. The molecule has 25 heavy (non-hydrogen) atoms. The van der Waals surface area contributed by atoms with Crippen LogP contribution >= 0.6 is 0 Å². The summed E-state index contributed by atoms with van der Waals surface area (Å²) in [6.45, 7) is 4.27. The van der Waals surface area contributed by atoms with E-state index in [1.165, 1.54) is 5.56 Å². The molecule has 2 saturated heterocycles. The third kappa shape index (κ3) is 3.55. The minimum absolute atomic E-state index is 0.0199. The maximum absolute atomic E-state index is 12.6. The number of aromatic amines is 1. The molecule has 2 aliphatic heterocycles. The van der Waals surface area contributed by atoms with Crippen molar-refractivity contribution in [3.63, 3.8) is 0 Å². The summed E-state index contributed by atoms with van der Waals surface area (Å²) in [5, 5.41) is 0. The van der Waals surface area contributed by atoms with Crippen LogP contribution < -0.4 is 0 Å². The number of carbonyl (C=O) groups is 1. The smallest absolute Gasteiger partial charge is 0.249 e. The molecule has 1 N–H and O–H groups in total. The van der Waals surface area contributed by atoms with Gasteiger partial charge in [-0.25, -0.2) is 4.98 Å². The molecule has 0 aliphatic carbocycles. The Labute approximate surface area is 147 Å². The Hall–Kier alpha value is -1.92. The number of hydrogen-bond acceptors (Lipinski definition) is 4. The van der Waals surface area contributed by atoms with Crippen molar-refractivity contribution in [2.75, 3.05) is 26.4 Å². The Balaban J connectivity index is 1.40. The number of nitrogens with one attached hydrogen (secondary N) is 1. The van der Waals surface area contributed by atoms with E-state index in [1.807, 2.05) is 11.0 Å². The highest BCUT2D eigenvalue weighted by Crippen LogP contribution is 2.31. The highest BCUT2D eigenvalue weighted by Gasteiger charge is 2.32. The fraction of sp³-hybridized carbons (Fsp3) is 0.579. The zero-order valence-corrected chi connectivity index (χ0v) is 14.7. The van der Waals surface area contributed by atoms with Crippen LogP contribution in [0, 0.1) is 6.92 Å². The molecule has 0 bridgehead atoms. The van der Waals surface area contributed by atoms with Crippen molar-refractivity contribution in [3.8, 4) is 0 Å². The Bertz CT molecular complexity index is 751. The van der Waals surface area contributed by atoms with Crippen molar-refractivity contribution >= 4 is 16.9 Å². The quantitative estimate of drug-likeness (QED) is 0.906. The molecule has 2 atom stereocenters. The van der Waals surface area contributed by atoms with Crippen LogP contribution in [0.5, 0.6) is 0 Å². The molecule has 6 heteroatoms. The number of hydrogen-bond donors (Lipinski definition) is 1. The molecule has 1 aromatic heterocycles. The summed E-state index contributed by atoms with van der Waals surface area (Å²) in [6, 6.07) is 6.20. The van der Waals surface area contributed by atoms with Crippen LogP contribution in [-0.4, -0.2) is 53.2 Å². The molecule has 0 unspecified atom stereocenters. The van der Waals surface area contributed by atoms with Gasteiger partial charge in [0.05, 0.1) is 29.8 Å². The topological polar surface area (TPSA) is 67.5 Å². The van der Waals surface area contributed by atoms with Crippen LogP contribution in [-0.2, 0) is 14.3 Å². The van der Waals surface area contributed by atoms with E-state index in [4.69, 9.17) is 14.5 Å². The second-order valence-corrected chi connectivity index (χ2v) is 7.04. The molecule has 2 aromatic rings. The van der Waals surface area contributed by atoms with Gasteiger partial charge in [0.25, 0.3) is 0 Å². The van der Waals surface area contributed by atoms with Gasteiger partial charge in [-0.05, 0) is 50.3 Å². The fourth-order valence-electron chi connectivity index (χ4n) is 3.79. The number of H-pyrrole nitrogens is 1. The molecule has 1 aromatic carbocycles. The molecule has 2 aliphatic rings. The number of rotatable bonds is 5. The third-order valence-corrected chi connectivity index (χ3v) is 5.10. The molecule has 2 fully saturated rings. The van der Waals surface area contributed by atoms with Gasteiger partial charge in [-0.15, -0.1) is 0 Å². The highest BCUT2D eigenvalue weighted by atomic mass is 16.5. The van der Waals surface area contributed by atoms with Gasteiger partial charge >= 0.3 is 0 Å². The lowest BCUT2D eigenvalue weighted by Gasteiger charge is -2.23. The summed E-state index contributed by atoms with van der Waals surface area (Å²) in [5.41, 5.74) is 3.18. The van der Waals surface area contributed by atoms with Crippen molar-refractivity contribution in [2.24, 2.45) is 0 Å². The second kappa shape index (κ2) is 7.14. The van der Waals surface area contributed by atoms with Crippen LogP contribution in [0.15, 0.2) is 18.2 Å². The van der Waals surface area contributed by atoms with E-state index in [2.05, 4.69) is 24.0 Å². The predicted molar refractivity (Wildman–Crippen MR) is 94.3 cm³/mol. The maximum atomic E-state index is 12.6. The Morgan fingerprint density at radius 2 is 2.32 bits per heavy atom. The fourth-order valence-corrected chi connectivity index (χ4v) is 3.79. The summed E-state index contributed by atoms with van der Waals surface area (Å²) in [7, 11) is 0. The van der Waals surface area contributed by atoms with Crippen molar-refractivity contribution in [2.45, 2.75) is 44.8 Å². The molecule has 0 spiro atoms. The van der Waals surface area contributed by atoms with Crippen molar-refractivity contribution in [1.82, 2.24) is 14.9 Å². The first-order chi connectivity index (χ1) is 12.2. The van der Waals surface area contributed by atoms with E-state index in [1.54, 1.807) is 0 Å². The number of ether oxygens (including phenoxy) is 2. The van der Waals surface area contributed by atoms with Gasteiger partial charge < -0.3 is 19.4 Å². The van der Waals surface area contributed by atoms with Gasteiger partial charge in [0.15, 0.2) is 0 Å². The van der Waals surface area contributed by atoms with Gasteiger partial charge in [-0.1, -0.05) is 6.07 Å². The van der Waals surface area contributed by atoms with Crippen LogP contribution in [0.4, 0.5) is 0 Å². The van der Waals surface area contributed by atoms with Gasteiger partial charge in [0.1, 0.15) is 12.4 Å². The van der Waals surface area contributed by atoms with E-state index in [9.17, 15) is 4.79 Å². The van der Waals surface area contributed by atoms with E-state index >= 15 is 0 Å². The molecule has 1 amide bonds. The second-order valence-electron chi connectivity index (χ2n) is 7.04. The molecule has 4 rings (SSSR count). The number of likely N-dealkylation sites (tertiary alicyclic amines) is 1. The summed E-state index contributed by atoms with van der Waals surface area (Å²) in [6.07, 6.45) is 4.20. The Morgan fingerprint density at radius 1 is 1.40 bits per heavy atom. The number of nitrogens with zero attached hydrogens (tertiary/aromatic N) is 2. The normalized spacial score (nSPS) is 23.6. The summed E-state index contributed by atoms with van der Waals surface area (Å²) in [5.74, 6) is 0.919. The summed E-state index contributed by atoms with van der Waals surface area (Å²) < 4.78 is 11.1. The minimum atomic E-state index is 0.0199. The van der Waals surface area contributed by atoms with E-state index in [-0.39, 0.29) is 24.7 Å². The van der Waals surface area contributed by atoms with Crippen molar-refractivity contribution < 1.29 is 14.3 Å². The standard InChI is InChI=1S/C19H25N3O3/c1-13-6-7-15-16(10-13)21-19(20-15)17-5-2-8-22(17)18(23)12-24-11-14-4-3-9-25-14/h6-7,10,14,17H,2-5,8-9,11-12H2,1H3,(H,20,21)/t14-,17-/m1/s1. The number of amides is 1. The predicted octanol–water partition coefficient (Wildman–Crippen LogP) is 2.73. The lowest BCUT2D eigenvalue weighted by molar-refractivity contribution is -0.138. The van der Waals surface area contributed by atoms with E-state index in [0.717, 1.165) is 55.7 Å². The molecule has 0 radical (unpaired) electrons. The number of aromatic nitrogens is 2. The van der Waals surface area contributed by atoms with Gasteiger partial charge in [0, 0.05) is 13.2 Å². The average molecular weight is 343 g/mol. The van der Waals surface area contributed by atoms with Crippen LogP contribution in [0.25, 0.3) is 11.0 Å². The molecule has 0 saturated carbocycles. The monoisotopic (exact) mass is 343 g/mol. The summed E-state index contributed by atoms with van der Waals surface area (Å²) in [4.78, 5) is 22.6. The number of imidazole rings is 1. The zero-order valence-electron chi connectivity index (χ0n) is 14.7. The molecular formula is C19H25N3O3. The van der Waals surface area contributed by atoms with Crippen LogP contribution in [0.1, 0.15) is 43.1 Å². The largest absolute Gasteiger partial charge is 0.376 e. The third-order valence-electron chi connectivity index (χ3n) is 5.10. The van der Waals surface area contributed by atoms with Gasteiger partial charge in [-0.2, -0.15) is 0 Å². The first-order valence-corrected chi connectivity index (χ1v) is 9.16. The Kier molecular flexibility index (Phi) is 4.72. The molecule has 3 heterocycles. The number of carbonyl (C=O) groups excluding carboxylic acids is 1. The maximum Gasteiger partial charge on any atom is 0.249 e. The van der Waals surface area contributed by atoms with Crippen LogP contribution in [0.2, 0.25) is 0 Å². The van der Waals surface area contributed by atoms with Crippen molar-refractivity contribution in [3.05, 3.63) is 29.6 Å².